The van der Waals surface area contributed by atoms with Crippen molar-refractivity contribution < 1.29 is 9.59 Å². The average molecular weight is 289 g/mol. The zero-order valence-electron chi connectivity index (χ0n) is 12.6. The first-order valence-electron chi connectivity index (χ1n) is 7.46. The fourth-order valence-corrected chi connectivity index (χ4v) is 2.35. The minimum Gasteiger partial charge on any atom is -0.338 e. The first-order chi connectivity index (χ1) is 10.0. The molecule has 0 heterocycles. The second kappa shape index (κ2) is 7.11. The first kappa shape index (κ1) is 15.4. The first-order valence-corrected chi connectivity index (χ1v) is 7.46. The Labute approximate surface area is 125 Å². The molecule has 1 aliphatic carbocycles. The molecule has 0 bridgehead atoms. The monoisotopic (exact) mass is 289 g/mol. The van der Waals surface area contributed by atoms with Crippen molar-refractivity contribution in [3.8, 4) is 0 Å². The van der Waals surface area contributed by atoms with E-state index in [-0.39, 0.29) is 18.0 Å². The summed E-state index contributed by atoms with van der Waals surface area (Å²) in [7, 11) is 0. The Bertz CT molecular complexity index is 512. The fourth-order valence-electron chi connectivity index (χ4n) is 2.35. The van der Waals surface area contributed by atoms with Gasteiger partial charge in [-0.05, 0) is 43.4 Å². The molecular weight excluding hydrogens is 266 g/mol. The van der Waals surface area contributed by atoms with Gasteiger partial charge in [0.1, 0.15) is 0 Å². The van der Waals surface area contributed by atoms with Crippen LogP contribution in [0.25, 0.3) is 0 Å². The molecule has 1 aliphatic rings. The number of nitrogens with one attached hydrogen (secondary N) is 3. The number of benzene rings is 1. The second-order valence-electron chi connectivity index (χ2n) is 5.68. The number of carbonyl (C=O) groups is 2. The van der Waals surface area contributed by atoms with Crippen molar-refractivity contribution in [3.05, 3.63) is 29.8 Å². The van der Waals surface area contributed by atoms with Crippen molar-refractivity contribution in [3.63, 3.8) is 0 Å². The van der Waals surface area contributed by atoms with Crippen molar-refractivity contribution in [1.29, 1.82) is 0 Å². The third kappa shape index (κ3) is 4.77. The molecule has 1 aromatic carbocycles. The lowest BCUT2D eigenvalue weighted by Crippen LogP contribution is -2.40. The minimum atomic E-state index is -0.140. The summed E-state index contributed by atoms with van der Waals surface area (Å²) < 4.78 is 0. The van der Waals surface area contributed by atoms with Crippen LogP contribution in [-0.2, 0) is 4.79 Å². The summed E-state index contributed by atoms with van der Waals surface area (Å²) in [5, 5.41) is 8.57. The SMILES string of the molecule is CC(=O)Nc1cccc([C@@H](C)NC(=O)NCC2CCC2)c1. The van der Waals surface area contributed by atoms with Gasteiger partial charge in [-0.1, -0.05) is 18.6 Å². The van der Waals surface area contributed by atoms with E-state index in [1.165, 1.54) is 26.2 Å². The summed E-state index contributed by atoms with van der Waals surface area (Å²) in [5.74, 6) is 0.542. The lowest BCUT2D eigenvalue weighted by atomic mass is 9.85. The van der Waals surface area contributed by atoms with Gasteiger partial charge < -0.3 is 16.0 Å². The standard InChI is InChI=1S/C16H23N3O2/c1-11(18-16(21)17-10-13-5-3-6-13)14-7-4-8-15(9-14)19-12(2)20/h4,7-9,11,13H,3,5-6,10H2,1-2H3,(H,19,20)(H2,17,18,21)/t11-/m1/s1. The van der Waals surface area contributed by atoms with Gasteiger partial charge in [-0.15, -0.1) is 0 Å². The smallest absolute Gasteiger partial charge is 0.315 e. The van der Waals surface area contributed by atoms with Crippen LogP contribution in [-0.4, -0.2) is 18.5 Å². The minimum absolute atomic E-state index is 0.106. The van der Waals surface area contributed by atoms with E-state index in [4.69, 9.17) is 0 Å². The number of carbonyl (C=O) groups excluding carboxylic acids is 2. The number of anilines is 1. The van der Waals surface area contributed by atoms with E-state index in [9.17, 15) is 9.59 Å². The summed E-state index contributed by atoms with van der Waals surface area (Å²) in [6, 6.07) is 7.25. The Hall–Kier alpha value is -2.04. The molecule has 1 saturated carbocycles. The summed E-state index contributed by atoms with van der Waals surface area (Å²) in [6.07, 6.45) is 3.71. The van der Waals surface area contributed by atoms with Crippen molar-refractivity contribution in [2.24, 2.45) is 5.92 Å². The van der Waals surface area contributed by atoms with Crippen molar-refractivity contribution in [2.75, 3.05) is 11.9 Å². The largest absolute Gasteiger partial charge is 0.338 e. The van der Waals surface area contributed by atoms with Crippen LogP contribution >= 0.6 is 0 Å². The molecule has 2 rings (SSSR count). The summed E-state index contributed by atoms with van der Waals surface area (Å²) in [5.41, 5.74) is 1.70. The van der Waals surface area contributed by atoms with Gasteiger partial charge in [0.05, 0.1) is 6.04 Å². The van der Waals surface area contributed by atoms with Gasteiger partial charge in [0.15, 0.2) is 0 Å². The molecule has 5 nitrogen and oxygen atoms in total. The average Bonchev–Trinajstić information content (AvgIpc) is 2.36. The van der Waals surface area contributed by atoms with Crippen LogP contribution in [0.3, 0.4) is 0 Å². The van der Waals surface area contributed by atoms with E-state index in [1.54, 1.807) is 0 Å². The predicted molar refractivity (Wildman–Crippen MR) is 83.0 cm³/mol. The van der Waals surface area contributed by atoms with E-state index in [0.29, 0.717) is 5.92 Å². The van der Waals surface area contributed by atoms with E-state index >= 15 is 0 Å². The highest BCUT2D eigenvalue weighted by Gasteiger charge is 2.18. The molecule has 1 aromatic rings. The number of hydrogen-bond donors (Lipinski definition) is 3. The molecule has 3 amide bonds. The fraction of sp³-hybridized carbons (Fsp3) is 0.500. The summed E-state index contributed by atoms with van der Waals surface area (Å²) in [6.45, 7) is 4.16. The highest BCUT2D eigenvalue weighted by atomic mass is 16.2. The molecule has 0 aromatic heterocycles. The van der Waals surface area contributed by atoms with Crippen molar-refractivity contribution in [2.45, 2.75) is 39.2 Å². The molecule has 5 heteroatoms. The topological polar surface area (TPSA) is 70.2 Å². The highest BCUT2D eigenvalue weighted by molar-refractivity contribution is 5.88. The predicted octanol–water partition coefficient (Wildman–Crippen LogP) is 2.81. The zero-order valence-corrected chi connectivity index (χ0v) is 12.6. The van der Waals surface area contributed by atoms with Gasteiger partial charge in [-0.25, -0.2) is 4.79 Å². The van der Waals surface area contributed by atoms with Crippen LogP contribution in [0.1, 0.15) is 44.7 Å². The molecule has 0 radical (unpaired) electrons. The molecule has 21 heavy (non-hydrogen) atoms. The van der Waals surface area contributed by atoms with E-state index in [0.717, 1.165) is 17.8 Å². The maximum atomic E-state index is 11.8. The molecule has 0 unspecified atom stereocenters. The highest BCUT2D eigenvalue weighted by Crippen LogP contribution is 2.25. The number of amides is 3. The van der Waals surface area contributed by atoms with E-state index < -0.39 is 0 Å². The molecule has 1 atom stereocenters. The Morgan fingerprint density at radius 1 is 1.33 bits per heavy atom. The van der Waals surface area contributed by atoms with Gasteiger partial charge in [-0.2, -0.15) is 0 Å². The lowest BCUT2D eigenvalue weighted by molar-refractivity contribution is -0.114. The third-order valence-electron chi connectivity index (χ3n) is 3.83. The van der Waals surface area contributed by atoms with Crippen LogP contribution in [0.2, 0.25) is 0 Å². The number of urea groups is 1. The Morgan fingerprint density at radius 3 is 2.71 bits per heavy atom. The van der Waals surface area contributed by atoms with E-state index in [1.807, 2.05) is 31.2 Å². The van der Waals surface area contributed by atoms with Gasteiger partial charge in [0.2, 0.25) is 5.91 Å². The summed E-state index contributed by atoms with van der Waals surface area (Å²) in [4.78, 5) is 22.9. The Morgan fingerprint density at radius 2 is 2.10 bits per heavy atom. The third-order valence-corrected chi connectivity index (χ3v) is 3.83. The molecule has 1 fully saturated rings. The van der Waals surface area contributed by atoms with Crippen LogP contribution in [0.4, 0.5) is 10.5 Å². The quantitative estimate of drug-likeness (QED) is 0.780. The Balaban J connectivity index is 1.84. The maximum absolute atomic E-state index is 11.8. The zero-order chi connectivity index (χ0) is 15.2. The van der Waals surface area contributed by atoms with E-state index in [2.05, 4.69) is 16.0 Å². The molecule has 0 aliphatic heterocycles. The van der Waals surface area contributed by atoms with Gasteiger partial charge >= 0.3 is 6.03 Å². The molecule has 0 spiro atoms. The van der Waals surface area contributed by atoms with Crippen molar-refractivity contribution >= 4 is 17.6 Å². The van der Waals surface area contributed by atoms with Crippen LogP contribution < -0.4 is 16.0 Å². The number of hydrogen-bond acceptors (Lipinski definition) is 2. The number of rotatable bonds is 5. The lowest BCUT2D eigenvalue weighted by Gasteiger charge is -2.26. The second-order valence-corrected chi connectivity index (χ2v) is 5.68. The van der Waals surface area contributed by atoms with Crippen LogP contribution in [0.15, 0.2) is 24.3 Å². The van der Waals surface area contributed by atoms with Gasteiger partial charge in [0.25, 0.3) is 0 Å². The maximum Gasteiger partial charge on any atom is 0.315 e. The Kier molecular flexibility index (Phi) is 5.20. The van der Waals surface area contributed by atoms with Gasteiger partial charge in [-0.3, -0.25) is 4.79 Å². The van der Waals surface area contributed by atoms with Crippen molar-refractivity contribution in [1.82, 2.24) is 10.6 Å². The molecule has 0 saturated heterocycles. The van der Waals surface area contributed by atoms with Crippen LogP contribution in [0, 0.1) is 5.92 Å². The summed E-state index contributed by atoms with van der Waals surface area (Å²) >= 11 is 0. The molecule has 3 N–H and O–H groups in total. The molecular formula is C16H23N3O2. The normalized spacial score (nSPS) is 15.7. The van der Waals surface area contributed by atoms with Gasteiger partial charge in [0, 0.05) is 19.2 Å². The van der Waals surface area contributed by atoms with Crippen LogP contribution in [0.5, 0.6) is 0 Å². The molecule has 114 valence electrons.